The summed E-state index contributed by atoms with van der Waals surface area (Å²) in [7, 11) is 0. The van der Waals surface area contributed by atoms with Crippen LogP contribution in [0.4, 0.5) is 5.82 Å². The first kappa shape index (κ1) is 12.0. The number of halogens is 1. The summed E-state index contributed by atoms with van der Waals surface area (Å²) in [5, 5.41) is 3.21. The molecule has 0 radical (unpaired) electrons. The molecule has 0 amide bonds. The zero-order chi connectivity index (χ0) is 12.3. The van der Waals surface area contributed by atoms with Gasteiger partial charge in [0.15, 0.2) is 5.82 Å². The van der Waals surface area contributed by atoms with Crippen LogP contribution in [-0.4, -0.2) is 16.5 Å². The predicted molar refractivity (Wildman–Crippen MR) is 74.1 cm³/mol. The normalized spacial score (nSPS) is 10.3. The van der Waals surface area contributed by atoms with Crippen LogP contribution >= 0.6 is 15.9 Å². The highest BCUT2D eigenvalue weighted by Gasteiger charge is 2.04. The van der Waals surface area contributed by atoms with Crippen LogP contribution in [0.1, 0.15) is 12.6 Å². The lowest BCUT2D eigenvalue weighted by atomic mass is 10.2. The van der Waals surface area contributed by atoms with Gasteiger partial charge in [-0.15, -0.1) is 0 Å². The van der Waals surface area contributed by atoms with Crippen LogP contribution in [0.15, 0.2) is 34.8 Å². The van der Waals surface area contributed by atoms with E-state index in [1.54, 1.807) is 0 Å². The molecule has 1 heterocycles. The van der Waals surface area contributed by atoms with Crippen molar-refractivity contribution in [2.75, 3.05) is 11.9 Å². The van der Waals surface area contributed by atoms with Crippen LogP contribution in [0.5, 0.6) is 0 Å². The fourth-order valence-electron chi connectivity index (χ4n) is 1.60. The Balaban J connectivity index is 2.44. The Morgan fingerprint density at radius 3 is 2.76 bits per heavy atom. The number of benzene rings is 1. The highest BCUT2D eigenvalue weighted by Crippen LogP contribution is 2.21. The maximum atomic E-state index is 4.49. The molecule has 0 bridgehead atoms. The summed E-state index contributed by atoms with van der Waals surface area (Å²) in [5.41, 5.74) is 1.98. The molecule has 1 aromatic heterocycles. The molecule has 88 valence electrons. The van der Waals surface area contributed by atoms with E-state index in [0.717, 1.165) is 33.9 Å². The van der Waals surface area contributed by atoms with Crippen molar-refractivity contribution in [1.29, 1.82) is 0 Å². The highest BCUT2D eigenvalue weighted by atomic mass is 79.9. The third-order valence-corrected chi connectivity index (χ3v) is 2.79. The van der Waals surface area contributed by atoms with E-state index >= 15 is 0 Å². The average Bonchev–Trinajstić information content (AvgIpc) is 2.28. The van der Waals surface area contributed by atoms with Crippen molar-refractivity contribution < 1.29 is 0 Å². The third-order valence-electron chi connectivity index (χ3n) is 2.29. The van der Waals surface area contributed by atoms with Crippen molar-refractivity contribution in [3.63, 3.8) is 0 Å². The number of nitrogens with zero attached hydrogens (tertiary/aromatic N) is 2. The van der Waals surface area contributed by atoms with Crippen molar-refractivity contribution in [3.8, 4) is 11.4 Å². The first-order valence-electron chi connectivity index (χ1n) is 5.54. The summed E-state index contributed by atoms with van der Waals surface area (Å²) < 4.78 is 1.03. The molecular weight excluding hydrogens is 278 g/mol. The maximum Gasteiger partial charge on any atom is 0.161 e. The molecule has 2 rings (SSSR count). The van der Waals surface area contributed by atoms with Crippen LogP contribution in [0.2, 0.25) is 0 Å². The van der Waals surface area contributed by atoms with Crippen molar-refractivity contribution >= 4 is 21.7 Å². The molecule has 0 atom stereocenters. The number of hydrogen-bond acceptors (Lipinski definition) is 3. The quantitative estimate of drug-likeness (QED) is 0.938. The predicted octanol–water partition coefficient (Wildman–Crippen LogP) is 3.65. The lowest BCUT2D eigenvalue weighted by molar-refractivity contribution is 1.08. The molecule has 0 unspecified atom stereocenters. The molecule has 0 aliphatic heterocycles. The Labute approximate surface area is 109 Å². The molecule has 17 heavy (non-hydrogen) atoms. The fraction of sp³-hybridized carbons (Fsp3) is 0.231. The first-order chi connectivity index (χ1) is 8.19. The first-order valence-corrected chi connectivity index (χ1v) is 6.34. The molecule has 0 saturated heterocycles. The summed E-state index contributed by atoms with van der Waals surface area (Å²) in [4.78, 5) is 8.95. The molecular formula is C13H14BrN3. The second-order valence-corrected chi connectivity index (χ2v) is 4.67. The minimum absolute atomic E-state index is 0.752. The van der Waals surface area contributed by atoms with Gasteiger partial charge in [0.25, 0.3) is 0 Å². The molecule has 0 aliphatic rings. The van der Waals surface area contributed by atoms with Crippen molar-refractivity contribution in [3.05, 3.63) is 40.5 Å². The smallest absolute Gasteiger partial charge is 0.161 e. The number of rotatable bonds is 3. The van der Waals surface area contributed by atoms with Crippen LogP contribution in [0.25, 0.3) is 11.4 Å². The van der Waals surface area contributed by atoms with Gasteiger partial charge in [-0.2, -0.15) is 0 Å². The molecule has 0 saturated carbocycles. The lowest BCUT2D eigenvalue weighted by Crippen LogP contribution is -2.02. The molecule has 1 N–H and O–H groups in total. The number of anilines is 1. The molecule has 0 spiro atoms. The minimum atomic E-state index is 0.752. The van der Waals surface area contributed by atoms with E-state index in [1.165, 1.54) is 0 Å². The average molecular weight is 292 g/mol. The van der Waals surface area contributed by atoms with Gasteiger partial charge in [0.2, 0.25) is 0 Å². The largest absolute Gasteiger partial charge is 0.370 e. The van der Waals surface area contributed by atoms with Crippen LogP contribution in [0, 0.1) is 6.92 Å². The minimum Gasteiger partial charge on any atom is -0.370 e. The fourth-order valence-corrected chi connectivity index (χ4v) is 2.00. The van der Waals surface area contributed by atoms with Crippen molar-refractivity contribution in [2.24, 2.45) is 0 Å². The second-order valence-electron chi connectivity index (χ2n) is 3.76. The molecule has 4 heteroatoms. The van der Waals surface area contributed by atoms with Gasteiger partial charge in [-0.05, 0) is 26.0 Å². The van der Waals surface area contributed by atoms with Gasteiger partial charge >= 0.3 is 0 Å². The standard InChI is InChI=1S/C13H14BrN3/c1-3-15-12-7-9(2)16-13(17-12)10-5-4-6-11(14)8-10/h4-8H,3H2,1-2H3,(H,15,16,17). The van der Waals surface area contributed by atoms with Gasteiger partial charge in [-0.1, -0.05) is 28.1 Å². The van der Waals surface area contributed by atoms with E-state index in [1.807, 2.05) is 37.3 Å². The van der Waals surface area contributed by atoms with Gasteiger partial charge in [0.1, 0.15) is 5.82 Å². The van der Waals surface area contributed by atoms with Gasteiger partial charge < -0.3 is 5.32 Å². The SMILES string of the molecule is CCNc1cc(C)nc(-c2cccc(Br)c2)n1. The zero-order valence-corrected chi connectivity index (χ0v) is 11.5. The number of aromatic nitrogens is 2. The molecule has 1 aromatic carbocycles. The van der Waals surface area contributed by atoms with Crippen molar-refractivity contribution in [2.45, 2.75) is 13.8 Å². The summed E-state index contributed by atoms with van der Waals surface area (Å²) in [5.74, 6) is 1.62. The zero-order valence-electron chi connectivity index (χ0n) is 9.87. The molecule has 3 nitrogen and oxygen atoms in total. The van der Waals surface area contributed by atoms with Crippen LogP contribution in [-0.2, 0) is 0 Å². The summed E-state index contributed by atoms with van der Waals surface area (Å²) in [6.07, 6.45) is 0. The summed E-state index contributed by atoms with van der Waals surface area (Å²) in [6, 6.07) is 9.95. The van der Waals surface area contributed by atoms with Gasteiger partial charge in [-0.25, -0.2) is 9.97 Å². The Bertz CT molecular complexity index is 526. The highest BCUT2D eigenvalue weighted by molar-refractivity contribution is 9.10. The number of aryl methyl sites for hydroxylation is 1. The van der Waals surface area contributed by atoms with Gasteiger partial charge in [0.05, 0.1) is 0 Å². The summed E-state index contributed by atoms with van der Waals surface area (Å²) >= 11 is 3.46. The van der Waals surface area contributed by atoms with E-state index in [0.29, 0.717) is 0 Å². The topological polar surface area (TPSA) is 37.8 Å². The maximum absolute atomic E-state index is 4.49. The lowest BCUT2D eigenvalue weighted by Gasteiger charge is -2.07. The van der Waals surface area contributed by atoms with Gasteiger partial charge in [0, 0.05) is 28.3 Å². The van der Waals surface area contributed by atoms with E-state index < -0.39 is 0 Å². The Kier molecular flexibility index (Phi) is 3.74. The Hall–Kier alpha value is -1.42. The van der Waals surface area contributed by atoms with Gasteiger partial charge in [-0.3, -0.25) is 0 Å². The third kappa shape index (κ3) is 3.03. The van der Waals surface area contributed by atoms with E-state index in [9.17, 15) is 0 Å². The molecule has 0 fully saturated rings. The number of nitrogens with one attached hydrogen (secondary N) is 1. The Morgan fingerprint density at radius 1 is 1.24 bits per heavy atom. The summed E-state index contributed by atoms with van der Waals surface area (Å²) in [6.45, 7) is 4.88. The number of hydrogen-bond donors (Lipinski definition) is 1. The second kappa shape index (κ2) is 5.27. The molecule has 2 aromatic rings. The van der Waals surface area contributed by atoms with E-state index in [-0.39, 0.29) is 0 Å². The van der Waals surface area contributed by atoms with Crippen LogP contribution < -0.4 is 5.32 Å². The molecule has 0 aliphatic carbocycles. The van der Waals surface area contributed by atoms with E-state index in [2.05, 4.69) is 38.1 Å². The van der Waals surface area contributed by atoms with E-state index in [4.69, 9.17) is 0 Å². The van der Waals surface area contributed by atoms with Crippen molar-refractivity contribution in [1.82, 2.24) is 9.97 Å². The monoisotopic (exact) mass is 291 g/mol. The van der Waals surface area contributed by atoms with Crippen LogP contribution in [0.3, 0.4) is 0 Å². The Morgan fingerprint density at radius 2 is 2.06 bits per heavy atom.